The van der Waals surface area contributed by atoms with Gasteiger partial charge in [-0.1, -0.05) is 30.3 Å². The Labute approximate surface area is 122 Å². The fourth-order valence-electron chi connectivity index (χ4n) is 1.79. The van der Waals surface area contributed by atoms with E-state index >= 15 is 0 Å². The molecule has 0 atom stereocenters. The summed E-state index contributed by atoms with van der Waals surface area (Å²) in [4.78, 5) is 11.9. The van der Waals surface area contributed by atoms with Crippen LogP contribution >= 0.6 is 0 Å². The van der Waals surface area contributed by atoms with Gasteiger partial charge in [0, 0.05) is 11.3 Å². The third-order valence-corrected chi connectivity index (χ3v) is 2.80. The van der Waals surface area contributed by atoms with E-state index in [1.54, 1.807) is 48.5 Å². The number of hydrogen-bond acceptors (Lipinski definition) is 4. The number of nitrogens with two attached hydrogens (primary N) is 1. The lowest BCUT2D eigenvalue weighted by molar-refractivity contribution is -0.115. The third kappa shape index (κ3) is 4.05. The second kappa shape index (κ2) is 6.53. The highest BCUT2D eigenvalue weighted by atomic mass is 16.5. The van der Waals surface area contributed by atoms with Crippen molar-refractivity contribution < 1.29 is 10.0 Å². The fourth-order valence-corrected chi connectivity index (χ4v) is 1.79. The summed E-state index contributed by atoms with van der Waals surface area (Å²) in [5.41, 5.74) is 6.97. The standard InChI is InChI=1S/C15H16N4O2/c16-15(17)11-5-4-6-12(9-11)18-14(20)10-19(21)13-7-2-1-3-8-13/h1-9,21H,10H2,(H3,16,17)(H,18,20). The van der Waals surface area contributed by atoms with E-state index < -0.39 is 0 Å². The molecule has 5 N–H and O–H groups in total. The van der Waals surface area contributed by atoms with E-state index in [1.165, 1.54) is 0 Å². The van der Waals surface area contributed by atoms with Gasteiger partial charge in [0.25, 0.3) is 0 Å². The van der Waals surface area contributed by atoms with Gasteiger partial charge in [0.2, 0.25) is 5.91 Å². The summed E-state index contributed by atoms with van der Waals surface area (Å²) in [5.74, 6) is -0.443. The van der Waals surface area contributed by atoms with Crippen LogP contribution in [-0.4, -0.2) is 23.5 Å². The minimum absolute atomic E-state index is 0.0702. The second-order valence-electron chi connectivity index (χ2n) is 4.44. The smallest absolute Gasteiger partial charge is 0.246 e. The minimum atomic E-state index is -0.373. The van der Waals surface area contributed by atoms with Gasteiger partial charge in [-0.05, 0) is 24.3 Å². The maximum Gasteiger partial charge on any atom is 0.246 e. The molecule has 0 radical (unpaired) electrons. The summed E-state index contributed by atoms with van der Waals surface area (Å²) in [6.07, 6.45) is 0. The lowest BCUT2D eigenvalue weighted by Crippen LogP contribution is -2.30. The normalized spacial score (nSPS) is 9.95. The number of amidine groups is 1. The fraction of sp³-hybridized carbons (Fsp3) is 0.0667. The number of nitrogens with one attached hydrogen (secondary N) is 2. The van der Waals surface area contributed by atoms with Gasteiger partial charge in [0.15, 0.2) is 0 Å². The lowest BCUT2D eigenvalue weighted by atomic mass is 10.2. The molecule has 0 aromatic heterocycles. The van der Waals surface area contributed by atoms with Crippen LogP contribution in [0.2, 0.25) is 0 Å². The molecule has 0 spiro atoms. The van der Waals surface area contributed by atoms with E-state index in [9.17, 15) is 10.0 Å². The van der Waals surface area contributed by atoms with E-state index in [1.807, 2.05) is 6.07 Å². The Balaban J connectivity index is 1.99. The number of nitrogen functional groups attached to an aromatic ring is 1. The monoisotopic (exact) mass is 284 g/mol. The zero-order chi connectivity index (χ0) is 15.2. The number of hydrogen-bond donors (Lipinski definition) is 4. The first-order chi connectivity index (χ1) is 10.1. The zero-order valence-electron chi connectivity index (χ0n) is 11.3. The average molecular weight is 284 g/mol. The Morgan fingerprint density at radius 2 is 1.90 bits per heavy atom. The maximum absolute atomic E-state index is 11.9. The van der Waals surface area contributed by atoms with Gasteiger partial charge in [-0.15, -0.1) is 0 Å². The number of para-hydroxylation sites is 1. The van der Waals surface area contributed by atoms with Crippen molar-refractivity contribution in [1.82, 2.24) is 0 Å². The molecular formula is C15H16N4O2. The van der Waals surface area contributed by atoms with Crippen molar-refractivity contribution in [2.45, 2.75) is 0 Å². The second-order valence-corrected chi connectivity index (χ2v) is 4.44. The topological polar surface area (TPSA) is 102 Å². The highest BCUT2D eigenvalue weighted by Crippen LogP contribution is 2.12. The van der Waals surface area contributed by atoms with Crippen molar-refractivity contribution in [3.63, 3.8) is 0 Å². The Kier molecular flexibility index (Phi) is 4.53. The molecule has 0 aliphatic carbocycles. The predicted octanol–water partition coefficient (Wildman–Crippen LogP) is 1.80. The average Bonchev–Trinajstić information content (AvgIpc) is 2.48. The number of carbonyl (C=O) groups excluding carboxylic acids is 1. The first-order valence-corrected chi connectivity index (χ1v) is 6.32. The molecule has 0 unspecified atom stereocenters. The molecule has 0 aliphatic heterocycles. The summed E-state index contributed by atoms with van der Waals surface area (Å²) in [5, 5.41) is 20.7. The molecule has 108 valence electrons. The largest absolute Gasteiger partial charge is 0.384 e. The Hall–Kier alpha value is -2.86. The number of nitrogens with zero attached hydrogens (tertiary/aromatic N) is 1. The minimum Gasteiger partial charge on any atom is -0.384 e. The molecule has 6 nitrogen and oxygen atoms in total. The van der Waals surface area contributed by atoms with Gasteiger partial charge in [0.1, 0.15) is 12.4 Å². The number of carbonyl (C=O) groups is 1. The van der Waals surface area contributed by atoms with Crippen molar-refractivity contribution in [3.05, 3.63) is 60.2 Å². The molecule has 0 bridgehead atoms. The van der Waals surface area contributed by atoms with Crippen LogP contribution in [0.1, 0.15) is 5.56 Å². The van der Waals surface area contributed by atoms with Gasteiger partial charge in [-0.2, -0.15) is 0 Å². The molecule has 0 saturated heterocycles. The van der Waals surface area contributed by atoms with E-state index in [2.05, 4.69) is 5.32 Å². The summed E-state index contributed by atoms with van der Waals surface area (Å²) in [7, 11) is 0. The van der Waals surface area contributed by atoms with Crippen LogP contribution in [0.5, 0.6) is 0 Å². The van der Waals surface area contributed by atoms with E-state index in [-0.39, 0.29) is 18.3 Å². The molecule has 0 heterocycles. The van der Waals surface area contributed by atoms with Crippen LogP contribution in [-0.2, 0) is 4.79 Å². The third-order valence-electron chi connectivity index (χ3n) is 2.80. The number of amides is 1. The van der Waals surface area contributed by atoms with Gasteiger partial charge in [0.05, 0.1) is 5.69 Å². The van der Waals surface area contributed by atoms with E-state index in [0.29, 0.717) is 16.9 Å². The summed E-state index contributed by atoms with van der Waals surface area (Å²) < 4.78 is 0. The molecule has 1 amide bonds. The van der Waals surface area contributed by atoms with Crippen LogP contribution in [0.4, 0.5) is 11.4 Å². The lowest BCUT2D eigenvalue weighted by Gasteiger charge is -2.16. The quantitative estimate of drug-likeness (QED) is 0.382. The van der Waals surface area contributed by atoms with Crippen LogP contribution in [0, 0.1) is 5.41 Å². The SMILES string of the molecule is N=C(N)c1cccc(NC(=O)CN(O)c2ccccc2)c1. The van der Waals surface area contributed by atoms with Crippen molar-refractivity contribution in [2.75, 3.05) is 16.9 Å². The summed E-state index contributed by atoms with van der Waals surface area (Å²) in [6, 6.07) is 15.4. The molecule has 0 saturated carbocycles. The van der Waals surface area contributed by atoms with Crippen LogP contribution in [0.25, 0.3) is 0 Å². The Morgan fingerprint density at radius 3 is 2.57 bits per heavy atom. The Bertz CT molecular complexity index is 643. The molecule has 2 aromatic carbocycles. The molecule has 2 rings (SSSR count). The predicted molar refractivity (Wildman–Crippen MR) is 81.7 cm³/mol. The molecule has 0 aliphatic rings. The number of hydroxylamine groups is 1. The van der Waals surface area contributed by atoms with Crippen LogP contribution in [0.3, 0.4) is 0 Å². The molecular weight excluding hydrogens is 268 g/mol. The number of rotatable bonds is 5. The molecule has 21 heavy (non-hydrogen) atoms. The van der Waals surface area contributed by atoms with Crippen LogP contribution in [0.15, 0.2) is 54.6 Å². The van der Waals surface area contributed by atoms with Gasteiger partial charge >= 0.3 is 0 Å². The van der Waals surface area contributed by atoms with Crippen molar-refractivity contribution in [2.24, 2.45) is 5.73 Å². The number of anilines is 2. The summed E-state index contributed by atoms with van der Waals surface area (Å²) in [6.45, 7) is -0.200. The maximum atomic E-state index is 11.9. The first-order valence-electron chi connectivity index (χ1n) is 6.32. The number of benzene rings is 2. The van der Waals surface area contributed by atoms with Crippen molar-refractivity contribution in [3.8, 4) is 0 Å². The van der Waals surface area contributed by atoms with E-state index in [4.69, 9.17) is 11.1 Å². The molecule has 6 heteroatoms. The van der Waals surface area contributed by atoms with Gasteiger partial charge < -0.3 is 11.1 Å². The van der Waals surface area contributed by atoms with Crippen molar-refractivity contribution >= 4 is 23.1 Å². The highest BCUT2D eigenvalue weighted by Gasteiger charge is 2.09. The molecule has 2 aromatic rings. The zero-order valence-corrected chi connectivity index (χ0v) is 11.3. The van der Waals surface area contributed by atoms with Gasteiger partial charge in [-0.3, -0.25) is 15.4 Å². The van der Waals surface area contributed by atoms with Crippen LogP contribution < -0.4 is 16.1 Å². The Morgan fingerprint density at radius 1 is 1.19 bits per heavy atom. The van der Waals surface area contributed by atoms with E-state index in [0.717, 1.165) is 5.06 Å². The highest BCUT2D eigenvalue weighted by molar-refractivity contribution is 5.98. The van der Waals surface area contributed by atoms with Gasteiger partial charge in [-0.25, -0.2) is 5.06 Å². The molecule has 0 fully saturated rings. The van der Waals surface area contributed by atoms with Crippen molar-refractivity contribution in [1.29, 1.82) is 5.41 Å². The summed E-state index contributed by atoms with van der Waals surface area (Å²) >= 11 is 0. The first kappa shape index (κ1) is 14.5.